The lowest BCUT2D eigenvalue weighted by Crippen LogP contribution is -2.27. The molecule has 1 amide bonds. The van der Waals surface area contributed by atoms with Crippen molar-refractivity contribution >= 4 is 21.6 Å². The van der Waals surface area contributed by atoms with Crippen molar-refractivity contribution in [1.29, 1.82) is 0 Å². The first kappa shape index (κ1) is 21.3. The average Bonchev–Trinajstić information content (AvgIpc) is 2.74. The predicted octanol–water partition coefficient (Wildman–Crippen LogP) is 4.13. The molecule has 3 rings (SSSR count). The van der Waals surface area contributed by atoms with E-state index in [0.717, 1.165) is 0 Å². The summed E-state index contributed by atoms with van der Waals surface area (Å²) in [7, 11) is -2.42. The Kier molecular flexibility index (Phi) is 6.37. The fraction of sp³-hybridized carbons (Fsp3) is 0.136. The summed E-state index contributed by atoms with van der Waals surface area (Å²) in [5.74, 6) is -0.458. The molecular weight excluding hydrogens is 407 g/mol. The van der Waals surface area contributed by atoms with Crippen LogP contribution in [0.2, 0.25) is 0 Å². The molecule has 3 aromatic rings. The molecule has 8 heteroatoms. The fourth-order valence-electron chi connectivity index (χ4n) is 2.90. The predicted molar refractivity (Wildman–Crippen MR) is 113 cm³/mol. The maximum Gasteiger partial charge on any atom is 0.262 e. The third-order valence-corrected chi connectivity index (χ3v) is 5.88. The highest BCUT2D eigenvalue weighted by Gasteiger charge is 2.18. The minimum atomic E-state index is -3.87. The number of hydrogen-bond acceptors (Lipinski definition) is 4. The zero-order valence-electron chi connectivity index (χ0n) is 16.4. The topological polar surface area (TPSA) is 84.5 Å². The van der Waals surface area contributed by atoms with E-state index in [1.54, 1.807) is 49.4 Å². The van der Waals surface area contributed by atoms with Crippen LogP contribution in [0.15, 0.2) is 77.7 Å². The molecule has 1 atom stereocenters. The van der Waals surface area contributed by atoms with Gasteiger partial charge < -0.3 is 10.1 Å². The van der Waals surface area contributed by atoms with Gasteiger partial charge in [0, 0.05) is 11.1 Å². The van der Waals surface area contributed by atoms with Crippen LogP contribution >= 0.6 is 0 Å². The van der Waals surface area contributed by atoms with Gasteiger partial charge in [-0.2, -0.15) is 0 Å². The van der Waals surface area contributed by atoms with E-state index in [9.17, 15) is 17.6 Å². The van der Waals surface area contributed by atoms with Crippen molar-refractivity contribution < 1.29 is 22.3 Å². The third-order valence-electron chi connectivity index (χ3n) is 4.50. The van der Waals surface area contributed by atoms with Gasteiger partial charge >= 0.3 is 0 Å². The first-order valence-corrected chi connectivity index (χ1v) is 10.6. The van der Waals surface area contributed by atoms with Gasteiger partial charge in [0.2, 0.25) is 0 Å². The molecule has 3 aromatic carbocycles. The van der Waals surface area contributed by atoms with Crippen LogP contribution in [0.25, 0.3) is 0 Å². The highest BCUT2D eigenvalue weighted by Crippen LogP contribution is 2.26. The number of anilines is 1. The lowest BCUT2D eigenvalue weighted by atomic mass is 10.1. The molecule has 0 saturated heterocycles. The lowest BCUT2D eigenvalue weighted by Gasteiger charge is -2.15. The van der Waals surface area contributed by atoms with Gasteiger partial charge in [-0.25, -0.2) is 12.8 Å². The minimum absolute atomic E-state index is 0.00731. The number of halogens is 1. The number of methoxy groups -OCH3 is 1. The molecule has 0 spiro atoms. The Morgan fingerprint density at radius 3 is 2.27 bits per heavy atom. The number of ether oxygens (including phenoxy) is 1. The number of carbonyl (C=O) groups excluding carboxylic acids is 1. The van der Waals surface area contributed by atoms with E-state index in [0.29, 0.717) is 17.0 Å². The molecule has 0 bridgehead atoms. The van der Waals surface area contributed by atoms with Gasteiger partial charge in [0.25, 0.3) is 15.9 Å². The SMILES string of the molecule is COc1ccccc1NS(=O)(=O)c1ccc(C(=O)NC(C)c2ccccc2F)cc1. The standard InChI is InChI=1S/C22H21FN2O4S/c1-15(18-7-3-4-8-19(18)23)24-22(26)16-11-13-17(14-12-16)30(27,28)25-20-9-5-6-10-21(20)29-2/h3-15,25H,1-2H3,(H,24,26). The van der Waals surface area contributed by atoms with E-state index in [-0.39, 0.29) is 10.5 Å². The summed E-state index contributed by atoms with van der Waals surface area (Å²) in [5.41, 5.74) is 0.931. The van der Waals surface area contributed by atoms with Gasteiger partial charge in [-0.05, 0) is 49.4 Å². The van der Waals surface area contributed by atoms with E-state index >= 15 is 0 Å². The zero-order valence-corrected chi connectivity index (χ0v) is 17.2. The molecule has 0 heterocycles. The molecule has 2 N–H and O–H groups in total. The summed E-state index contributed by atoms with van der Waals surface area (Å²) < 4.78 is 46.8. The molecule has 0 aliphatic heterocycles. The summed E-state index contributed by atoms with van der Waals surface area (Å²) in [6, 6.07) is 17.8. The highest BCUT2D eigenvalue weighted by atomic mass is 32.2. The molecule has 0 aliphatic carbocycles. The molecule has 1 unspecified atom stereocenters. The van der Waals surface area contributed by atoms with E-state index in [1.165, 1.54) is 37.4 Å². The van der Waals surface area contributed by atoms with Crippen LogP contribution in [0.1, 0.15) is 28.9 Å². The number of rotatable bonds is 7. The Balaban J connectivity index is 1.73. The van der Waals surface area contributed by atoms with E-state index < -0.39 is 27.8 Å². The van der Waals surface area contributed by atoms with Crippen LogP contribution in [0.4, 0.5) is 10.1 Å². The van der Waals surface area contributed by atoms with Crippen molar-refractivity contribution in [3.05, 3.63) is 89.7 Å². The second kappa shape index (κ2) is 8.96. The van der Waals surface area contributed by atoms with Crippen LogP contribution in [0, 0.1) is 5.82 Å². The molecule has 156 valence electrons. The summed E-state index contributed by atoms with van der Waals surface area (Å²) in [6.45, 7) is 1.67. The van der Waals surface area contributed by atoms with Crippen molar-refractivity contribution in [1.82, 2.24) is 5.32 Å². The van der Waals surface area contributed by atoms with E-state index in [4.69, 9.17) is 4.74 Å². The minimum Gasteiger partial charge on any atom is -0.495 e. The van der Waals surface area contributed by atoms with Crippen molar-refractivity contribution in [2.24, 2.45) is 0 Å². The second-order valence-electron chi connectivity index (χ2n) is 6.55. The Hall–Kier alpha value is -3.39. The number of para-hydroxylation sites is 2. The Bertz CT molecular complexity index is 1150. The first-order chi connectivity index (χ1) is 14.3. The van der Waals surface area contributed by atoms with Crippen molar-refractivity contribution in [3.63, 3.8) is 0 Å². The van der Waals surface area contributed by atoms with Gasteiger partial charge in [-0.3, -0.25) is 9.52 Å². The zero-order chi connectivity index (χ0) is 21.7. The first-order valence-electron chi connectivity index (χ1n) is 9.13. The van der Waals surface area contributed by atoms with E-state index in [2.05, 4.69) is 10.0 Å². The van der Waals surface area contributed by atoms with Crippen LogP contribution in [-0.2, 0) is 10.0 Å². The number of amides is 1. The Morgan fingerprint density at radius 2 is 1.60 bits per heavy atom. The van der Waals surface area contributed by atoms with Crippen molar-refractivity contribution in [3.8, 4) is 5.75 Å². The molecule has 0 aliphatic rings. The number of sulfonamides is 1. The Morgan fingerprint density at radius 1 is 0.967 bits per heavy atom. The summed E-state index contributed by atoms with van der Waals surface area (Å²) in [4.78, 5) is 12.5. The highest BCUT2D eigenvalue weighted by molar-refractivity contribution is 7.92. The van der Waals surface area contributed by atoms with Crippen LogP contribution in [0.3, 0.4) is 0 Å². The molecule has 0 saturated carbocycles. The molecule has 0 fully saturated rings. The summed E-state index contributed by atoms with van der Waals surface area (Å²) >= 11 is 0. The largest absolute Gasteiger partial charge is 0.495 e. The van der Waals surface area contributed by atoms with Crippen LogP contribution in [0.5, 0.6) is 5.75 Å². The fourth-order valence-corrected chi connectivity index (χ4v) is 3.97. The molecule has 0 radical (unpaired) electrons. The van der Waals surface area contributed by atoms with Crippen LogP contribution < -0.4 is 14.8 Å². The van der Waals surface area contributed by atoms with Gasteiger partial charge in [0.15, 0.2) is 0 Å². The number of hydrogen-bond donors (Lipinski definition) is 2. The third kappa shape index (κ3) is 4.77. The van der Waals surface area contributed by atoms with Crippen molar-refractivity contribution in [2.75, 3.05) is 11.8 Å². The number of carbonyl (C=O) groups is 1. The van der Waals surface area contributed by atoms with Gasteiger partial charge in [0.1, 0.15) is 11.6 Å². The summed E-state index contributed by atoms with van der Waals surface area (Å²) in [6.07, 6.45) is 0. The smallest absolute Gasteiger partial charge is 0.262 e. The lowest BCUT2D eigenvalue weighted by molar-refractivity contribution is 0.0939. The maximum atomic E-state index is 13.9. The maximum absolute atomic E-state index is 13.9. The van der Waals surface area contributed by atoms with Gasteiger partial charge in [-0.15, -0.1) is 0 Å². The normalized spacial score (nSPS) is 12.1. The van der Waals surface area contributed by atoms with Gasteiger partial charge in [0.05, 0.1) is 23.7 Å². The van der Waals surface area contributed by atoms with Gasteiger partial charge in [-0.1, -0.05) is 30.3 Å². The quantitative estimate of drug-likeness (QED) is 0.593. The Labute approximate surface area is 174 Å². The average molecular weight is 428 g/mol. The van der Waals surface area contributed by atoms with Crippen molar-refractivity contribution in [2.45, 2.75) is 17.9 Å². The number of nitrogens with one attached hydrogen (secondary N) is 2. The second-order valence-corrected chi connectivity index (χ2v) is 8.23. The van der Waals surface area contributed by atoms with Crippen LogP contribution in [-0.4, -0.2) is 21.4 Å². The summed E-state index contributed by atoms with van der Waals surface area (Å²) in [5, 5.41) is 2.71. The van der Waals surface area contributed by atoms with E-state index in [1.807, 2.05) is 0 Å². The number of benzene rings is 3. The molecular formula is C22H21FN2O4S. The molecule has 0 aromatic heterocycles. The molecule has 6 nitrogen and oxygen atoms in total. The molecule has 30 heavy (non-hydrogen) atoms. The monoisotopic (exact) mass is 428 g/mol.